The molecule has 3 rings (SSSR count). The molecule has 1 fully saturated rings. The van der Waals surface area contributed by atoms with Crippen LogP contribution in [0.2, 0.25) is 0 Å². The number of methoxy groups -OCH3 is 1. The van der Waals surface area contributed by atoms with Crippen molar-refractivity contribution in [2.24, 2.45) is 0 Å². The Balaban J connectivity index is 1.72. The van der Waals surface area contributed by atoms with Crippen LogP contribution >= 0.6 is 11.8 Å². The fourth-order valence-electron chi connectivity index (χ4n) is 2.91. The third-order valence-electron chi connectivity index (χ3n) is 4.36. The molecule has 5 heteroatoms. The third kappa shape index (κ3) is 4.74. The van der Waals surface area contributed by atoms with Crippen molar-refractivity contribution in [2.45, 2.75) is 25.3 Å². The molecule has 0 spiro atoms. The maximum atomic E-state index is 12.3. The van der Waals surface area contributed by atoms with E-state index < -0.39 is 0 Å². The first kappa shape index (κ1) is 19.1. The highest BCUT2D eigenvalue weighted by Crippen LogP contribution is 2.31. The molecule has 1 aliphatic heterocycles. The van der Waals surface area contributed by atoms with Gasteiger partial charge in [0.2, 0.25) is 0 Å². The van der Waals surface area contributed by atoms with Gasteiger partial charge in [-0.3, -0.25) is 4.79 Å². The predicted octanol–water partition coefficient (Wildman–Crippen LogP) is 4.59. The first-order valence-electron chi connectivity index (χ1n) is 8.95. The molecule has 0 aliphatic carbocycles. The Kier molecular flexibility index (Phi) is 6.24. The van der Waals surface area contributed by atoms with Gasteiger partial charge in [0.15, 0.2) is 5.50 Å². The molecule has 1 saturated heterocycles. The first-order valence-corrected chi connectivity index (χ1v) is 9.83. The zero-order chi connectivity index (χ0) is 19.2. The molecular formula is C22H24N2O2S. The van der Waals surface area contributed by atoms with E-state index in [-0.39, 0.29) is 11.4 Å². The molecule has 1 heterocycles. The molecular weight excluding hydrogens is 356 g/mol. The van der Waals surface area contributed by atoms with Crippen molar-refractivity contribution in [3.63, 3.8) is 0 Å². The van der Waals surface area contributed by atoms with E-state index in [1.807, 2.05) is 42.5 Å². The normalized spacial score (nSPS) is 17.6. The number of ether oxygens (including phenoxy) is 1. The largest absolute Gasteiger partial charge is 0.496 e. The van der Waals surface area contributed by atoms with Crippen molar-refractivity contribution in [1.82, 2.24) is 5.32 Å². The number of thioether (sulfide) groups is 1. The van der Waals surface area contributed by atoms with E-state index in [1.165, 1.54) is 17.3 Å². The summed E-state index contributed by atoms with van der Waals surface area (Å²) in [7, 11) is 1.66. The molecule has 2 aromatic rings. The standard InChI is InChI=1S/C22H24N2O2S/c1-4-6-17-13-16(9-12-19(17)26-3)14-20-21(25)24-22(27-20)23-18-10-7-15(5-2)8-11-18/h4,7-14,22-23H,1,5-6H2,2-3H3,(H,24,25)/b20-14-/t22-/m0/s1. The molecule has 1 aliphatic rings. The lowest BCUT2D eigenvalue weighted by Gasteiger charge is -2.12. The van der Waals surface area contributed by atoms with Gasteiger partial charge in [-0.05, 0) is 59.9 Å². The average molecular weight is 381 g/mol. The van der Waals surface area contributed by atoms with Crippen molar-refractivity contribution >= 4 is 29.4 Å². The summed E-state index contributed by atoms with van der Waals surface area (Å²) in [5, 5.41) is 6.31. The highest BCUT2D eigenvalue weighted by Gasteiger charge is 2.27. The smallest absolute Gasteiger partial charge is 0.260 e. The van der Waals surface area contributed by atoms with E-state index >= 15 is 0 Å². The molecule has 27 heavy (non-hydrogen) atoms. The molecule has 2 aromatic carbocycles. The Morgan fingerprint density at radius 3 is 2.70 bits per heavy atom. The second-order valence-corrected chi connectivity index (χ2v) is 7.39. The Labute approximate surface area is 164 Å². The highest BCUT2D eigenvalue weighted by molar-refractivity contribution is 8.05. The van der Waals surface area contributed by atoms with Gasteiger partial charge in [-0.25, -0.2) is 0 Å². The van der Waals surface area contributed by atoms with E-state index in [9.17, 15) is 4.79 Å². The quantitative estimate of drug-likeness (QED) is 0.545. The van der Waals surface area contributed by atoms with Crippen LogP contribution in [0, 0.1) is 0 Å². The summed E-state index contributed by atoms with van der Waals surface area (Å²) in [5.74, 6) is 0.763. The molecule has 0 saturated carbocycles. The van der Waals surface area contributed by atoms with Crippen molar-refractivity contribution in [3.05, 3.63) is 76.7 Å². The number of hydrogen-bond acceptors (Lipinski definition) is 4. The zero-order valence-corrected chi connectivity index (χ0v) is 16.4. The predicted molar refractivity (Wildman–Crippen MR) is 114 cm³/mol. The van der Waals surface area contributed by atoms with Crippen molar-refractivity contribution in [1.29, 1.82) is 0 Å². The van der Waals surface area contributed by atoms with Gasteiger partial charge in [0.05, 0.1) is 12.0 Å². The van der Waals surface area contributed by atoms with Gasteiger partial charge in [0.1, 0.15) is 5.75 Å². The SMILES string of the molecule is C=CCc1cc(/C=C2\S[C@@H](Nc3ccc(CC)cc3)NC2=O)ccc1OC. The van der Waals surface area contributed by atoms with Crippen molar-refractivity contribution < 1.29 is 9.53 Å². The van der Waals surface area contributed by atoms with Gasteiger partial charge in [-0.1, -0.05) is 43.0 Å². The van der Waals surface area contributed by atoms with Crippen LogP contribution in [0.1, 0.15) is 23.6 Å². The molecule has 1 amide bonds. The van der Waals surface area contributed by atoms with Gasteiger partial charge in [0, 0.05) is 5.69 Å². The minimum absolute atomic E-state index is 0.0660. The Hall–Kier alpha value is -2.66. The molecule has 2 N–H and O–H groups in total. The number of carbonyl (C=O) groups is 1. The van der Waals surface area contributed by atoms with Crippen LogP contribution in [-0.4, -0.2) is 18.5 Å². The van der Waals surface area contributed by atoms with E-state index in [0.29, 0.717) is 4.91 Å². The van der Waals surface area contributed by atoms with E-state index in [0.717, 1.165) is 35.4 Å². The van der Waals surface area contributed by atoms with E-state index in [1.54, 1.807) is 7.11 Å². The number of nitrogens with one attached hydrogen (secondary N) is 2. The topological polar surface area (TPSA) is 50.4 Å². The number of amides is 1. The maximum absolute atomic E-state index is 12.3. The number of benzene rings is 2. The van der Waals surface area contributed by atoms with Crippen LogP contribution in [0.5, 0.6) is 5.75 Å². The lowest BCUT2D eigenvalue weighted by Crippen LogP contribution is -2.30. The zero-order valence-electron chi connectivity index (χ0n) is 15.6. The Morgan fingerprint density at radius 1 is 1.26 bits per heavy atom. The molecule has 0 unspecified atom stereocenters. The lowest BCUT2D eigenvalue weighted by atomic mass is 10.1. The molecule has 0 bridgehead atoms. The monoisotopic (exact) mass is 380 g/mol. The summed E-state index contributed by atoms with van der Waals surface area (Å²) < 4.78 is 5.38. The number of anilines is 1. The van der Waals surface area contributed by atoms with Gasteiger partial charge in [-0.15, -0.1) is 6.58 Å². The van der Waals surface area contributed by atoms with Crippen molar-refractivity contribution in [2.75, 3.05) is 12.4 Å². The van der Waals surface area contributed by atoms with Crippen LogP contribution in [0.4, 0.5) is 5.69 Å². The van der Waals surface area contributed by atoms with Crippen LogP contribution in [-0.2, 0) is 17.6 Å². The maximum Gasteiger partial charge on any atom is 0.260 e. The summed E-state index contributed by atoms with van der Waals surface area (Å²) in [6.07, 6.45) is 5.48. The summed E-state index contributed by atoms with van der Waals surface area (Å²) in [5.41, 5.74) is 4.12. The van der Waals surface area contributed by atoms with Crippen LogP contribution in [0.15, 0.2) is 60.0 Å². The van der Waals surface area contributed by atoms with Crippen molar-refractivity contribution in [3.8, 4) is 5.75 Å². The molecule has 1 atom stereocenters. The van der Waals surface area contributed by atoms with E-state index in [4.69, 9.17) is 4.74 Å². The minimum Gasteiger partial charge on any atom is -0.496 e. The van der Waals surface area contributed by atoms with Gasteiger partial charge < -0.3 is 15.4 Å². The number of aryl methyl sites for hydroxylation is 1. The second-order valence-electron chi connectivity index (χ2n) is 6.24. The Bertz CT molecular complexity index is 859. The van der Waals surface area contributed by atoms with E-state index in [2.05, 4.69) is 36.3 Å². The van der Waals surface area contributed by atoms with Crippen LogP contribution < -0.4 is 15.4 Å². The van der Waals surface area contributed by atoms with Gasteiger partial charge in [-0.2, -0.15) is 0 Å². The number of rotatable bonds is 7. The lowest BCUT2D eigenvalue weighted by molar-refractivity contribution is -0.116. The average Bonchev–Trinajstić information content (AvgIpc) is 3.02. The molecule has 0 radical (unpaired) electrons. The Morgan fingerprint density at radius 2 is 2.04 bits per heavy atom. The minimum atomic E-state index is -0.179. The molecule has 140 valence electrons. The third-order valence-corrected chi connectivity index (χ3v) is 5.39. The summed E-state index contributed by atoms with van der Waals surface area (Å²) in [4.78, 5) is 13.0. The number of carbonyl (C=O) groups excluding carboxylic acids is 1. The van der Waals surface area contributed by atoms with Crippen LogP contribution in [0.25, 0.3) is 6.08 Å². The summed E-state index contributed by atoms with van der Waals surface area (Å²) in [6.45, 7) is 5.92. The second kappa shape index (κ2) is 8.82. The van der Waals surface area contributed by atoms with Gasteiger partial charge >= 0.3 is 0 Å². The first-order chi connectivity index (χ1) is 13.1. The molecule has 0 aromatic heterocycles. The number of hydrogen-bond donors (Lipinski definition) is 2. The fraction of sp³-hybridized carbons (Fsp3) is 0.227. The number of allylic oxidation sites excluding steroid dienone is 1. The molecule has 4 nitrogen and oxygen atoms in total. The van der Waals surface area contributed by atoms with Gasteiger partial charge in [0.25, 0.3) is 5.91 Å². The summed E-state index contributed by atoms with van der Waals surface area (Å²) in [6, 6.07) is 14.2. The fourth-order valence-corrected chi connectivity index (χ4v) is 3.89. The summed E-state index contributed by atoms with van der Waals surface area (Å²) >= 11 is 1.49. The van der Waals surface area contributed by atoms with Crippen LogP contribution in [0.3, 0.4) is 0 Å². The highest BCUT2D eigenvalue weighted by atomic mass is 32.2.